The summed E-state index contributed by atoms with van der Waals surface area (Å²) in [6.07, 6.45) is 2.82. The molecule has 0 spiro atoms. The first-order valence-electron chi connectivity index (χ1n) is 4.43. The molecule has 86 valence electrons. The van der Waals surface area contributed by atoms with E-state index in [9.17, 15) is 0 Å². The molecule has 15 heavy (non-hydrogen) atoms. The first kappa shape index (κ1) is 14.8. The van der Waals surface area contributed by atoms with Crippen LogP contribution >= 0.6 is 36.4 Å². The Balaban J connectivity index is 0.000000980. The van der Waals surface area contributed by atoms with Crippen LogP contribution in [0.5, 0.6) is 0 Å². The average molecular weight is 271 g/mol. The molecule has 1 aliphatic heterocycles. The number of aromatic nitrogens is 1. The molecule has 1 atom stereocenters. The fourth-order valence-corrected chi connectivity index (χ4v) is 1.56. The third kappa shape index (κ3) is 4.43. The molecule has 3 nitrogen and oxygen atoms in total. The first-order chi connectivity index (χ1) is 6.34. The van der Waals surface area contributed by atoms with Crippen molar-refractivity contribution in [2.45, 2.75) is 12.5 Å². The van der Waals surface area contributed by atoms with Crippen molar-refractivity contribution in [3.8, 4) is 0 Å². The minimum Gasteiger partial charge on any atom is -0.366 e. The predicted molar refractivity (Wildman–Crippen MR) is 68.6 cm³/mol. The maximum atomic E-state index is 5.73. The van der Waals surface area contributed by atoms with E-state index in [1.54, 1.807) is 6.20 Å². The van der Waals surface area contributed by atoms with Crippen LogP contribution in [-0.2, 0) is 0 Å². The van der Waals surface area contributed by atoms with Gasteiger partial charge in [0.1, 0.15) is 5.82 Å². The maximum Gasteiger partial charge on any atom is 0.126 e. The Labute approximate surface area is 107 Å². The fraction of sp³-hybridized carbons (Fsp3) is 0.444. The van der Waals surface area contributed by atoms with Gasteiger partial charge in [-0.15, -0.1) is 24.8 Å². The number of hydrogen-bond donors (Lipinski definition) is 2. The largest absolute Gasteiger partial charge is 0.366 e. The second-order valence-electron chi connectivity index (χ2n) is 3.20. The SMILES string of the molecule is Cl.Cl.Clc1ccc(NC2CCNC2)nc1. The highest BCUT2D eigenvalue weighted by Crippen LogP contribution is 2.12. The lowest BCUT2D eigenvalue weighted by molar-refractivity contribution is 0.788. The van der Waals surface area contributed by atoms with E-state index in [0.29, 0.717) is 11.1 Å². The van der Waals surface area contributed by atoms with Gasteiger partial charge in [0.15, 0.2) is 0 Å². The summed E-state index contributed by atoms with van der Waals surface area (Å²) in [4.78, 5) is 4.17. The zero-order valence-corrected chi connectivity index (χ0v) is 10.5. The van der Waals surface area contributed by atoms with E-state index in [1.807, 2.05) is 12.1 Å². The lowest BCUT2D eigenvalue weighted by atomic mass is 10.2. The van der Waals surface area contributed by atoms with Gasteiger partial charge in [0, 0.05) is 18.8 Å². The van der Waals surface area contributed by atoms with Crippen LogP contribution < -0.4 is 10.6 Å². The smallest absolute Gasteiger partial charge is 0.126 e. The Morgan fingerprint density at radius 3 is 2.73 bits per heavy atom. The van der Waals surface area contributed by atoms with E-state index in [-0.39, 0.29) is 24.8 Å². The lowest BCUT2D eigenvalue weighted by Gasteiger charge is -2.11. The van der Waals surface area contributed by atoms with Gasteiger partial charge < -0.3 is 10.6 Å². The molecular formula is C9H14Cl3N3. The molecule has 1 aromatic heterocycles. The number of nitrogens with zero attached hydrogens (tertiary/aromatic N) is 1. The Hall–Kier alpha value is -0.220. The number of rotatable bonds is 2. The van der Waals surface area contributed by atoms with Crippen LogP contribution in [0, 0.1) is 0 Å². The Kier molecular flexibility index (Phi) is 7.02. The van der Waals surface area contributed by atoms with Crippen molar-refractivity contribution in [3.63, 3.8) is 0 Å². The standard InChI is InChI=1S/C9H12ClN3.2ClH/c10-7-1-2-9(12-5-7)13-8-3-4-11-6-8;;/h1-2,5,8,11H,3-4,6H2,(H,12,13);2*1H. The van der Waals surface area contributed by atoms with Gasteiger partial charge in [-0.05, 0) is 25.1 Å². The summed E-state index contributed by atoms with van der Waals surface area (Å²) in [5, 5.41) is 7.30. The molecule has 0 aromatic carbocycles. The van der Waals surface area contributed by atoms with Gasteiger partial charge in [-0.2, -0.15) is 0 Å². The van der Waals surface area contributed by atoms with Crippen molar-refractivity contribution < 1.29 is 0 Å². The van der Waals surface area contributed by atoms with E-state index >= 15 is 0 Å². The molecule has 0 radical (unpaired) electrons. The predicted octanol–water partition coefficient (Wildman–Crippen LogP) is 2.35. The molecule has 1 aliphatic rings. The monoisotopic (exact) mass is 269 g/mol. The summed E-state index contributed by atoms with van der Waals surface area (Å²) in [5.74, 6) is 0.901. The van der Waals surface area contributed by atoms with E-state index in [4.69, 9.17) is 11.6 Å². The van der Waals surface area contributed by atoms with Crippen LogP contribution in [0.25, 0.3) is 0 Å². The lowest BCUT2D eigenvalue weighted by Crippen LogP contribution is -2.22. The second kappa shape index (κ2) is 7.12. The summed E-state index contributed by atoms with van der Waals surface area (Å²) in [6.45, 7) is 2.11. The minimum atomic E-state index is 0. The summed E-state index contributed by atoms with van der Waals surface area (Å²) >= 11 is 5.73. The normalized spacial score (nSPS) is 18.9. The third-order valence-corrected chi connectivity index (χ3v) is 2.36. The molecule has 0 aliphatic carbocycles. The molecule has 2 N–H and O–H groups in total. The van der Waals surface area contributed by atoms with Crippen molar-refractivity contribution >= 4 is 42.2 Å². The van der Waals surface area contributed by atoms with Crippen LogP contribution in [0.3, 0.4) is 0 Å². The van der Waals surface area contributed by atoms with Crippen molar-refractivity contribution in [3.05, 3.63) is 23.4 Å². The summed E-state index contributed by atoms with van der Waals surface area (Å²) in [6, 6.07) is 4.26. The molecule has 0 saturated carbocycles. The summed E-state index contributed by atoms with van der Waals surface area (Å²) in [7, 11) is 0. The quantitative estimate of drug-likeness (QED) is 0.866. The zero-order chi connectivity index (χ0) is 9.10. The highest BCUT2D eigenvalue weighted by atomic mass is 35.5. The van der Waals surface area contributed by atoms with Crippen LogP contribution in [-0.4, -0.2) is 24.1 Å². The van der Waals surface area contributed by atoms with E-state index < -0.39 is 0 Å². The topological polar surface area (TPSA) is 37.0 Å². The highest BCUT2D eigenvalue weighted by Gasteiger charge is 2.13. The van der Waals surface area contributed by atoms with E-state index in [2.05, 4.69) is 15.6 Å². The number of hydrogen-bond acceptors (Lipinski definition) is 3. The maximum absolute atomic E-state index is 5.73. The minimum absolute atomic E-state index is 0. The molecule has 6 heteroatoms. The molecular weight excluding hydrogens is 256 g/mol. The molecule has 2 heterocycles. The van der Waals surface area contributed by atoms with Crippen LogP contribution in [0.2, 0.25) is 5.02 Å². The highest BCUT2D eigenvalue weighted by molar-refractivity contribution is 6.30. The van der Waals surface area contributed by atoms with Gasteiger partial charge in [0.05, 0.1) is 5.02 Å². The number of anilines is 1. The Bertz CT molecular complexity index is 272. The Morgan fingerprint density at radius 2 is 2.20 bits per heavy atom. The van der Waals surface area contributed by atoms with Gasteiger partial charge in [0.2, 0.25) is 0 Å². The van der Waals surface area contributed by atoms with Crippen molar-refractivity contribution in [2.24, 2.45) is 0 Å². The third-order valence-electron chi connectivity index (χ3n) is 2.14. The van der Waals surface area contributed by atoms with E-state index in [1.165, 1.54) is 0 Å². The van der Waals surface area contributed by atoms with Crippen molar-refractivity contribution in [1.82, 2.24) is 10.3 Å². The zero-order valence-electron chi connectivity index (χ0n) is 8.07. The van der Waals surface area contributed by atoms with Gasteiger partial charge >= 0.3 is 0 Å². The summed E-state index contributed by atoms with van der Waals surface area (Å²) < 4.78 is 0. The van der Waals surface area contributed by atoms with Crippen molar-refractivity contribution in [2.75, 3.05) is 18.4 Å². The molecule has 0 bridgehead atoms. The molecule has 2 rings (SSSR count). The van der Waals surface area contributed by atoms with Gasteiger partial charge in [-0.25, -0.2) is 4.98 Å². The molecule has 1 aromatic rings. The number of pyridine rings is 1. The molecule has 1 unspecified atom stereocenters. The average Bonchev–Trinajstić information content (AvgIpc) is 2.62. The molecule has 0 amide bonds. The molecule has 1 saturated heterocycles. The van der Waals surface area contributed by atoms with Gasteiger partial charge in [0.25, 0.3) is 0 Å². The van der Waals surface area contributed by atoms with Crippen LogP contribution in [0.15, 0.2) is 18.3 Å². The van der Waals surface area contributed by atoms with E-state index in [0.717, 1.165) is 25.3 Å². The van der Waals surface area contributed by atoms with Gasteiger partial charge in [-0.3, -0.25) is 0 Å². The first-order valence-corrected chi connectivity index (χ1v) is 4.81. The Morgan fingerprint density at radius 1 is 1.40 bits per heavy atom. The number of halogens is 3. The summed E-state index contributed by atoms with van der Waals surface area (Å²) in [5.41, 5.74) is 0. The number of nitrogens with one attached hydrogen (secondary N) is 2. The fourth-order valence-electron chi connectivity index (χ4n) is 1.45. The molecule has 1 fully saturated rings. The second-order valence-corrected chi connectivity index (χ2v) is 3.63. The van der Waals surface area contributed by atoms with Crippen molar-refractivity contribution in [1.29, 1.82) is 0 Å². The van der Waals surface area contributed by atoms with Gasteiger partial charge in [-0.1, -0.05) is 11.6 Å². The van der Waals surface area contributed by atoms with Crippen LogP contribution in [0.4, 0.5) is 5.82 Å². The van der Waals surface area contributed by atoms with Crippen LogP contribution in [0.1, 0.15) is 6.42 Å².